The molecule has 1 saturated heterocycles. The standard InChI is InChI=1S/C18H20Cl2N6/c1-18(5-7-22-8-6-18)17-24-14-15(21)23-10-26(16(14)25-17)9-11-12(19)3-2-4-13(11)20/h2-4,10,22H,5-9,21H2,1H3. The second-order valence-electron chi connectivity index (χ2n) is 6.99. The van der Waals surface area contributed by atoms with Crippen molar-refractivity contribution >= 4 is 29.0 Å². The number of hydrogen-bond donors (Lipinski definition) is 2. The van der Waals surface area contributed by atoms with Gasteiger partial charge in [-0.2, -0.15) is 0 Å². The van der Waals surface area contributed by atoms with Crippen LogP contribution in [0.15, 0.2) is 24.5 Å². The molecular formula is C18H20Cl2N6. The molecule has 1 fully saturated rings. The number of nitrogen functional groups attached to an aromatic ring is 1. The van der Waals surface area contributed by atoms with Crippen LogP contribution < -0.4 is 11.1 Å². The van der Waals surface area contributed by atoms with Crippen LogP contribution >= 0.6 is 23.2 Å². The molecule has 0 atom stereocenters. The van der Waals surface area contributed by atoms with Gasteiger partial charge in [-0.1, -0.05) is 36.2 Å². The van der Waals surface area contributed by atoms with Gasteiger partial charge in [-0.3, -0.25) is 0 Å². The third-order valence-electron chi connectivity index (χ3n) is 5.13. The number of fused-ring (bicyclic) bond motifs is 1. The van der Waals surface area contributed by atoms with Crippen molar-refractivity contribution in [2.24, 2.45) is 0 Å². The monoisotopic (exact) mass is 390 g/mol. The lowest BCUT2D eigenvalue weighted by Gasteiger charge is -2.31. The van der Waals surface area contributed by atoms with Crippen molar-refractivity contribution < 1.29 is 0 Å². The Kier molecular flexibility index (Phi) is 4.50. The first kappa shape index (κ1) is 17.5. The van der Waals surface area contributed by atoms with Gasteiger partial charge in [0.05, 0.1) is 12.9 Å². The maximum atomic E-state index is 6.33. The van der Waals surface area contributed by atoms with Gasteiger partial charge in [0, 0.05) is 21.0 Å². The molecule has 3 heterocycles. The number of hydrogen-bond acceptors (Lipinski definition) is 5. The number of aromatic nitrogens is 4. The lowest BCUT2D eigenvalue weighted by Crippen LogP contribution is -2.38. The summed E-state index contributed by atoms with van der Waals surface area (Å²) in [5, 5.41) is 4.61. The lowest BCUT2D eigenvalue weighted by molar-refractivity contribution is 0.321. The van der Waals surface area contributed by atoms with E-state index in [1.807, 2.05) is 22.8 Å². The number of anilines is 1. The first-order chi connectivity index (χ1) is 12.5. The maximum Gasteiger partial charge on any atom is 0.166 e. The minimum absolute atomic E-state index is 0.0590. The SMILES string of the molecule is CC1(c2nc3c(N)ncn(Cc4c(Cl)cccc4Cl)c-3n2)CCNCC1. The number of halogens is 2. The molecule has 0 saturated carbocycles. The van der Waals surface area contributed by atoms with Crippen LogP contribution in [0.25, 0.3) is 11.5 Å². The number of imidazole rings is 1. The molecule has 0 bridgehead atoms. The van der Waals surface area contributed by atoms with Crippen LogP contribution in [0.4, 0.5) is 5.82 Å². The molecule has 0 radical (unpaired) electrons. The van der Waals surface area contributed by atoms with Gasteiger partial charge in [0.25, 0.3) is 0 Å². The highest BCUT2D eigenvalue weighted by atomic mass is 35.5. The second-order valence-corrected chi connectivity index (χ2v) is 7.80. The summed E-state index contributed by atoms with van der Waals surface area (Å²) in [6.07, 6.45) is 3.65. The van der Waals surface area contributed by atoms with E-state index in [-0.39, 0.29) is 5.41 Å². The molecule has 8 heteroatoms. The summed E-state index contributed by atoms with van der Waals surface area (Å²) >= 11 is 12.7. The molecule has 3 aliphatic rings. The molecule has 0 spiro atoms. The highest BCUT2D eigenvalue weighted by molar-refractivity contribution is 6.35. The van der Waals surface area contributed by atoms with Crippen molar-refractivity contribution in [2.75, 3.05) is 18.8 Å². The molecule has 26 heavy (non-hydrogen) atoms. The minimum atomic E-state index is -0.0590. The average molecular weight is 391 g/mol. The van der Waals surface area contributed by atoms with Crippen molar-refractivity contribution in [2.45, 2.75) is 31.7 Å². The Bertz CT molecular complexity index is 896. The molecule has 0 aromatic heterocycles. The van der Waals surface area contributed by atoms with E-state index in [0.29, 0.717) is 33.9 Å². The van der Waals surface area contributed by atoms with E-state index >= 15 is 0 Å². The topological polar surface area (TPSA) is 81.7 Å². The Morgan fingerprint density at radius 3 is 2.58 bits per heavy atom. The summed E-state index contributed by atoms with van der Waals surface area (Å²) in [7, 11) is 0. The van der Waals surface area contributed by atoms with Gasteiger partial charge in [-0.15, -0.1) is 0 Å². The van der Waals surface area contributed by atoms with E-state index in [4.69, 9.17) is 38.9 Å². The number of benzene rings is 1. The van der Waals surface area contributed by atoms with Gasteiger partial charge in [0.1, 0.15) is 5.82 Å². The largest absolute Gasteiger partial charge is 0.382 e. The number of rotatable bonds is 3. The van der Waals surface area contributed by atoms with Crippen LogP contribution in [0.2, 0.25) is 10.0 Å². The first-order valence-corrected chi connectivity index (χ1v) is 9.36. The van der Waals surface area contributed by atoms with E-state index in [0.717, 1.165) is 37.3 Å². The second kappa shape index (κ2) is 6.68. The Morgan fingerprint density at radius 1 is 1.19 bits per heavy atom. The van der Waals surface area contributed by atoms with E-state index in [1.165, 1.54) is 0 Å². The van der Waals surface area contributed by atoms with Gasteiger partial charge in [0.15, 0.2) is 17.3 Å². The molecule has 6 nitrogen and oxygen atoms in total. The predicted molar refractivity (Wildman–Crippen MR) is 104 cm³/mol. The Labute approximate surface area is 162 Å². The molecule has 0 aliphatic carbocycles. The van der Waals surface area contributed by atoms with Crippen molar-refractivity contribution in [1.29, 1.82) is 0 Å². The normalized spacial score (nSPS) is 16.9. The summed E-state index contributed by atoms with van der Waals surface area (Å²) in [5.74, 6) is 1.92. The highest BCUT2D eigenvalue weighted by Gasteiger charge is 2.34. The highest BCUT2D eigenvalue weighted by Crippen LogP contribution is 2.35. The molecular weight excluding hydrogens is 371 g/mol. The summed E-state index contributed by atoms with van der Waals surface area (Å²) in [5.41, 5.74) is 7.47. The number of nitrogens with zero attached hydrogens (tertiary/aromatic N) is 4. The predicted octanol–water partition coefficient (Wildman–Crippen LogP) is 3.36. The zero-order valence-corrected chi connectivity index (χ0v) is 16.0. The Balaban J connectivity index is 1.78. The zero-order chi connectivity index (χ0) is 18.3. The summed E-state index contributed by atoms with van der Waals surface area (Å²) in [6.45, 7) is 4.59. The van der Waals surface area contributed by atoms with Crippen LogP contribution in [0, 0.1) is 0 Å². The lowest BCUT2D eigenvalue weighted by atomic mass is 9.80. The number of nitrogens with one attached hydrogen (secondary N) is 1. The van der Waals surface area contributed by atoms with Crippen LogP contribution in [0.3, 0.4) is 0 Å². The summed E-state index contributed by atoms with van der Waals surface area (Å²) in [4.78, 5) is 13.9. The Hall–Kier alpha value is -1.89. The zero-order valence-electron chi connectivity index (χ0n) is 14.5. The molecule has 0 unspecified atom stereocenters. The van der Waals surface area contributed by atoms with Crippen molar-refractivity contribution in [3.63, 3.8) is 0 Å². The molecule has 1 aromatic carbocycles. The molecule has 3 N–H and O–H groups in total. The minimum Gasteiger partial charge on any atom is -0.382 e. The van der Waals surface area contributed by atoms with Crippen LogP contribution in [-0.2, 0) is 12.0 Å². The van der Waals surface area contributed by atoms with Crippen molar-refractivity contribution in [3.05, 3.63) is 46.0 Å². The van der Waals surface area contributed by atoms with Gasteiger partial charge in [-0.05, 0) is 38.1 Å². The van der Waals surface area contributed by atoms with E-state index in [2.05, 4.69) is 17.2 Å². The van der Waals surface area contributed by atoms with E-state index < -0.39 is 0 Å². The average Bonchev–Trinajstić information content (AvgIpc) is 3.08. The molecule has 4 rings (SSSR count). The molecule has 136 valence electrons. The van der Waals surface area contributed by atoms with Gasteiger partial charge in [-0.25, -0.2) is 15.0 Å². The van der Waals surface area contributed by atoms with Gasteiger partial charge < -0.3 is 15.6 Å². The fourth-order valence-electron chi connectivity index (χ4n) is 3.40. The van der Waals surface area contributed by atoms with Crippen molar-refractivity contribution in [3.8, 4) is 11.5 Å². The van der Waals surface area contributed by atoms with Crippen LogP contribution in [-0.4, -0.2) is 32.6 Å². The van der Waals surface area contributed by atoms with Gasteiger partial charge in [0.2, 0.25) is 0 Å². The fraction of sp³-hybridized carbons (Fsp3) is 0.389. The smallest absolute Gasteiger partial charge is 0.166 e. The summed E-state index contributed by atoms with van der Waals surface area (Å²) in [6, 6.07) is 5.47. The quantitative estimate of drug-likeness (QED) is 0.716. The maximum absolute atomic E-state index is 6.33. The van der Waals surface area contributed by atoms with Crippen LogP contribution in [0.1, 0.15) is 31.2 Å². The number of nitrogens with two attached hydrogens (primary N) is 1. The van der Waals surface area contributed by atoms with E-state index in [9.17, 15) is 0 Å². The number of piperidine rings is 1. The third kappa shape index (κ3) is 3.02. The van der Waals surface area contributed by atoms with Gasteiger partial charge >= 0.3 is 0 Å². The molecule has 3 aliphatic heterocycles. The summed E-state index contributed by atoms with van der Waals surface area (Å²) < 4.78 is 1.90. The molecule has 0 amide bonds. The van der Waals surface area contributed by atoms with Crippen LogP contribution in [0.5, 0.6) is 0 Å². The van der Waals surface area contributed by atoms with E-state index in [1.54, 1.807) is 6.33 Å². The van der Waals surface area contributed by atoms with Crippen molar-refractivity contribution in [1.82, 2.24) is 24.8 Å². The molecule has 1 aromatic rings. The fourth-order valence-corrected chi connectivity index (χ4v) is 3.91. The Morgan fingerprint density at radius 2 is 1.88 bits per heavy atom. The first-order valence-electron chi connectivity index (χ1n) is 8.60. The third-order valence-corrected chi connectivity index (χ3v) is 5.84.